The Labute approximate surface area is 125 Å². The zero-order chi connectivity index (χ0) is 15.0. The number of nitrogens with zero attached hydrogens (tertiary/aromatic N) is 2. The van der Waals surface area contributed by atoms with Gasteiger partial charge in [0, 0.05) is 6.61 Å². The summed E-state index contributed by atoms with van der Waals surface area (Å²) in [5, 5.41) is 9.39. The van der Waals surface area contributed by atoms with Gasteiger partial charge in [-0.05, 0) is 25.5 Å². The fourth-order valence-corrected chi connectivity index (χ4v) is 3.48. The quantitative estimate of drug-likeness (QED) is 0.879. The van der Waals surface area contributed by atoms with Crippen LogP contribution in [0.3, 0.4) is 0 Å². The molecule has 1 aromatic heterocycles. The molecule has 5 nitrogen and oxygen atoms in total. The van der Waals surface area contributed by atoms with Gasteiger partial charge in [0.25, 0.3) is 0 Å². The van der Waals surface area contributed by atoms with Crippen molar-refractivity contribution in [1.29, 1.82) is 0 Å². The predicted octanol–water partition coefficient (Wildman–Crippen LogP) is 2.49. The van der Waals surface area contributed by atoms with Crippen LogP contribution in [0.25, 0.3) is 11.0 Å². The van der Waals surface area contributed by atoms with Crippen LogP contribution in [0.4, 0.5) is 4.39 Å². The maximum absolute atomic E-state index is 14.0. The molecule has 0 bridgehead atoms. The molecule has 1 N–H and O–H groups in total. The normalized spacial score (nSPS) is 22.0. The van der Waals surface area contributed by atoms with E-state index in [9.17, 15) is 9.18 Å². The summed E-state index contributed by atoms with van der Waals surface area (Å²) in [6.45, 7) is 3.17. The van der Waals surface area contributed by atoms with Crippen LogP contribution in [0.1, 0.15) is 13.3 Å². The maximum Gasteiger partial charge on any atom is 0.313 e. The van der Waals surface area contributed by atoms with Crippen molar-refractivity contribution >= 4 is 28.8 Å². The highest BCUT2D eigenvalue weighted by Gasteiger charge is 2.35. The topological polar surface area (TPSA) is 64.4 Å². The van der Waals surface area contributed by atoms with Crippen LogP contribution in [-0.4, -0.2) is 39.6 Å². The minimum absolute atomic E-state index is 0.109. The molecule has 1 fully saturated rings. The third kappa shape index (κ3) is 2.51. The Bertz CT molecular complexity index is 695. The van der Waals surface area contributed by atoms with Gasteiger partial charge in [-0.15, -0.1) is 0 Å². The molecule has 1 aliphatic rings. The van der Waals surface area contributed by atoms with Gasteiger partial charge in [-0.1, -0.05) is 17.8 Å². The number of para-hydroxylation sites is 1. The number of aliphatic carboxylic acids is 1. The molecule has 0 saturated carbocycles. The van der Waals surface area contributed by atoms with Crippen LogP contribution in [0.15, 0.2) is 23.4 Å². The number of ether oxygens (including phenoxy) is 1. The van der Waals surface area contributed by atoms with E-state index in [1.165, 1.54) is 6.07 Å². The Morgan fingerprint density at radius 1 is 1.62 bits per heavy atom. The minimum atomic E-state index is -0.924. The van der Waals surface area contributed by atoms with Crippen molar-refractivity contribution in [3.63, 3.8) is 0 Å². The van der Waals surface area contributed by atoms with Crippen LogP contribution < -0.4 is 0 Å². The number of aromatic nitrogens is 2. The average molecular weight is 310 g/mol. The Kier molecular flexibility index (Phi) is 3.62. The SMILES string of the molecule is CC1(n2c(SCC(=O)O)nc3c(F)cccc32)CCOC1. The number of halogens is 1. The largest absolute Gasteiger partial charge is 0.481 e. The predicted molar refractivity (Wildman–Crippen MR) is 77.1 cm³/mol. The van der Waals surface area contributed by atoms with Gasteiger partial charge in [0.1, 0.15) is 5.52 Å². The molecule has 2 heterocycles. The van der Waals surface area contributed by atoms with Gasteiger partial charge in [-0.2, -0.15) is 0 Å². The highest BCUT2D eigenvalue weighted by molar-refractivity contribution is 7.99. The Hall–Kier alpha value is -1.60. The summed E-state index contributed by atoms with van der Waals surface area (Å²) in [6.07, 6.45) is 0.787. The first-order chi connectivity index (χ1) is 10.0. The molecule has 0 amide bonds. The second-order valence-electron chi connectivity index (χ2n) is 5.32. The lowest BCUT2D eigenvalue weighted by Crippen LogP contribution is -2.31. The Morgan fingerprint density at radius 3 is 3.10 bits per heavy atom. The van der Waals surface area contributed by atoms with E-state index in [1.54, 1.807) is 12.1 Å². The molecule has 1 saturated heterocycles. The summed E-state index contributed by atoms with van der Waals surface area (Å²) >= 11 is 1.11. The maximum atomic E-state index is 14.0. The van der Waals surface area contributed by atoms with Gasteiger partial charge in [-0.25, -0.2) is 9.37 Å². The third-order valence-electron chi connectivity index (χ3n) is 3.67. The zero-order valence-corrected chi connectivity index (χ0v) is 12.3. The summed E-state index contributed by atoms with van der Waals surface area (Å²) in [5.41, 5.74) is 0.623. The first kappa shape index (κ1) is 14.3. The molecule has 1 aliphatic heterocycles. The second-order valence-corrected chi connectivity index (χ2v) is 6.26. The summed E-state index contributed by atoms with van der Waals surface area (Å²) in [4.78, 5) is 15.1. The van der Waals surface area contributed by atoms with E-state index in [0.717, 1.165) is 18.2 Å². The lowest BCUT2D eigenvalue weighted by atomic mass is 10.0. The van der Waals surface area contributed by atoms with Crippen molar-refractivity contribution in [1.82, 2.24) is 9.55 Å². The molecule has 0 aliphatic carbocycles. The average Bonchev–Trinajstić information content (AvgIpc) is 3.01. The van der Waals surface area contributed by atoms with Gasteiger partial charge in [-0.3, -0.25) is 4.79 Å². The molecule has 1 atom stereocenters. The lowest BCUT2D eigenvalue weighted by molar-refractivity contribution is -0.133. The van der Waals surface area contributed by atoms with Crippen molar-refractivity contribution in [2.75, 3.05) is 19.0 Å². The van der Waals surface area contributed by atoms with Crippen LogP contribution in [0.2, 0.25) is 0 Å². The van der Waals surface area contributed by atoms with Crippen LogP contribution in [0, 0.1) is 5.82 Å². The van der Waals surface area contributed by atoms with E-state index in [0.29, 0.717) is 23.9 Å². The second kappa shape index (κ2) is 5.31. The number of benzene rings is 1. The standard InChI is InChI=1S/C14H15FN2O3S/c1-14(5-6-20-8-14)17-10-4-2-3-9(15)12(10)16-13(17)21-7-11(18)19/h2-4H,5-8H2,1H3,(H,18,19). The number of fused-ring (bicyclic) bond motifs is 1. The van der Waals surface area contributed by atoms with E-state index in [-0.39, 0.29) is 16.8 Å². The van der Waals surface area contributed by atoms with Crippen molar-refractivity contribution in [3.05, 3.63) is 24.0 Å². The number of imidazole rings is 1. The van der Waals surface area contributed by atoms with Gasteiger partial charge in [0.05, 0.1) is 23.4 Å². The number of carbonyl (C=O) groups is 1. The number of hydrogen-bond acceptors (Lipinski definition) is 4. The van der Waals surface area contributed by atoms with Gasteiger partial charge in [0.2, 0.25) is 0 Å². The van der Waals surface area contributed by atoms with Crippen molar-refractivity contribution < 1.29 is 19.0 Å². The molecule has 3 rings (SSSR count). The zero-order valence-electron chi connectivity index (χ0n) is 11.5. The molecule has 2 aromatic rings. The molecule has 1 aromatic carbocycles. The van der Waals surface area contributed by atoms with Crippen molar-refractivity contribution in [2.45, 2.75) is 24.0 Å². The molecule has 0 radical (unpaired) electrons. The van der Waals surface area contributed by atoms with E-state index < -0.39 is 11.8 Å². The van der Waals surface area contributed by atoms with Crippen LogP contribution >= 0.6 is 11.8 Å². The number of thioether (sulfide) groups is 1. The van der Waals surface area contributed by atoms with Gasteiger partial charge in [0.15, 0.2) is 11.0 Å². The highest BCUT2D eigenvalue weighted by Crippen LogP contribution is 2.36. The first-order valence-electron chi connectivity index (χ1n) is 6.61. The lowest BCUT2D eigenvalue weighted by Gasteiger charge is -2.26. The van der Waals surface area contributed by atoms with Crippen LogP contribution in [-0.2, 0) is 15.1 Å². The van der Waals surface area contributed by atoms with Gasteiger partial charge < -0.3 is 14.4 Å². The van der Waals surface area contributed by atoms with E-state index in [2.05, 4.69) is 4.98 Å². The van der Waals surface area contributed by atoms with E-state index in [1.807, 2.05) is 11.5 Å². The Morgan fingerprint density at radius 2 is 2.43 bits per heavy atom. The first-order valence-corrected chi connectivity index (χ1v) is 7.60. The van der Waals surface area contributed by atoms with Gasteiger partial charge >= 0.3 is 5.97 Å². The smallest absolute Gasteiger partial charge is 0.313 e. The monoisotopic (exact) mass is 310 g/mol. The summed E-state index contributed by atoms with van der Waals surface area (Å²) in [6, 6.07) is 4.80. The number of rotatable bonds is 4. The minimum Gasteiger partial charge on any atom is -0.481 e. The third-order valence-corrected chi connectivity index (χ3v) is 4.59. The molecular formula is C14H15FN2O3S. The number of carboxylic acid groups (broad SMARTS) is 1. The molecule has 21 heavy (non-hydrogen) atoms. The summed E-state index contributed by atoms with van der Waals surface area (Å²) < 4.78 is 21.4. The molecule has 1 unspecified atom stereocenters. The molecule has 0 spiro atoms. The highest BCUT2D eigenvalue weighted by atomic mass is 32.2. The van der Waals surface area contributed by atoms with Crippen molar-refractivity contribution in [2.24, 2.45) is 0 Å². The molecule has 112 valence electrons. The van der Waals surface area contributed by atoms with E-state index in [4.69, 9.17) is 9.84 Å². The molecule has 7 heteroatoms. The fraction of sp³-hybridized carbons (Fsp3) is 0.429. The number of carboxylic acids is 1. The summed E-state index contributed by atoms with van der Waals surface area (Å²) in [7, 11) is 0. The van der Waals surface area contributed by atoms with E-state index >= 15 is 0 Å². The van der Waals surface area contributed by atoms with Crippen LogP contribution in [0.5, 0.6) is 0 Å². The summed E-state index contributed by atoms with van der Waals surface area (Å²) in [5.74, 6) is -1.43. The van der Waals surface area contributed by atoms with Crippen molar-refractivity contribution in [3.8, 4) is 0 Å². The molecular weight excluding hydrogens is 295 g/mol. The Balaban J connectivity index is 2.15. The fourth-order valence-electron chi connectivity index (χ4n) is 2.62. The number of hydrogen-bond donors (Lipinski definition) is 1.